The molecule has 0 amide bonds. The Labute approximate surface area is 207 Å². The van der Waals surface area contributed by atoms with Crippen molar-refractivity contribution in [2.45, 2.75) is 154 Å². The Morgan fingerprint density at radius 1 is 0.667 bits per heavy atom. The standard InChI is InChI=1S/C29H59NO3/c1-4-5-6-7-8-9-10-11-12-15-18-21-24-28(31)27-30(2,3)26-23-20-17-14-13-16-19-22-25-29(32)33/h28,31H,4-27H2,1-3H3. The molecule has 0 saturated heterocycles. The topological polar surface area (TPSA) is 60.4 Å². The number of hydrogen-bond acceptors (Lipinski definition) is 3. The maximum absolute atomic E-state index is 10.5. The number of unbranched alkanes of at least 4 members (excludes halogenated alkanes) is 18. The van der Waals surface area contributed by atoms with E-state index in [1.165, 1.54) is 109 Å². The van der Waals surface area contributed by atoms with Gasteiger partial charge in [0.25, 0.3) is 0 Å². The third-order valence-electron chi connectivity index (χ3n) is 6.99. The lowest BCUT2D eigenvalue weighted by Gasteiger charge is -2.32. The Hall–Kier alpha value is -0.610. The van der Waals surface area contributed by atoms with E-state index in [1.807, 2.05) is 0 Å². The minimum absolute atomic E-state index is 0.163. The van der Waals surface area contributed by atoms with E-state index in [-0.39, 0.29) is 12.5 Å². The van der Waals surface area contributed by atoms with Crippen molar-refractivity contribution in [3.63, 3.8) is 0 Å². The highest BCUT2D eigenvalue weighted by molar-refractivity contribution is 5.63. The van der Waals surface area contributed by atoms with Gasteiger partial charge in [-0.25, -0.2) is 0 Å². The Morgan fingerprint density at radius 3 is 1.52 bits per heavy atom. The summed E-state index contributed by atoms with van der Waals surface area (Å²) in [6, 6.07) is 0. The van der Waals surface area contributed by atoms with Crippen LogP contribution in [0.5, 0.6) is 0 Å². The molecule has 0 fully saturated rings. The van der Waals surface area contributed by atoms with Crippen LogP contribution in [0, 0.1) is 0 Å². The van der Waals surface area contributed by atoms with Gasteiger partial charge in [-0.2, -0.15) is 0 Å². The number of aliphatic hydroxyl groups is 1. The number of nitrogens with zero attached hydrogens (tertiary/aromatic N) is 1. The Morgan fingerprint density at radius 2 is 1.06 bits per heavy atom. The van der Waals surface area contributed by atoms with Crippen LogP contribution in [0.4, 0.5) is 0 Å². The summed E-state index contributed by atoms with van der Waals surface area (Å²) in [5, 5.41) is 20.8. The number of quaternary nitrogens is 1. The molecular weight excluding hydrogens is 410 g/mol. The maximum atomic E-state index is 10.5. The predicted octanol–water partition coefficient (Wildman–Crippen LogP) is 6.78. The van der Waals surface area contributed by atoms with E-state index in [4.69, 9.17) is 0 Å². The van der Waals surface area contributed by atoms with Gasteiger partial charge < -0.3 is 19.5 Å². The lowest BCUT2D eigenvalue weighted by molar-refractivity contribution is -0.893. The molecule has 0 spiro atoms. The van der Waals surface area contributed by atoms with Gasteiger partial charge in [0.2, 0.25) is 0 Å². The second-order valence-corrected chi connectivity index (χ2v) is 11.1. The number of aliphatic hydroxyl groups excluding tert-OH is 1. The number of carboxylic acids is 1. The number of aliphatic carboxylic acids is 1. The van der Waals surface area contributed by atoms with E-state index in [1.54, 1.807) is 0 Å². The molecule has 0 heterocycles. The smallest absolute Gasteiger partial charge is 0.105 e. The summed E-state index contributed by atoms with van der Waals surface area (Å²) >= 11 is 0. The van der Waals surface area contributed by atoms with Gasteiger partial charge in [-0.15, -0.1) is 0 Å². The molecule has 0 saturated carbocycles. The van der Waals surface area contributed by atoms with Crippen LogP contribution < -0.4 is 5.11 Å². The molecule has 0 aliphatic carbocycles. The van der Waals surface area contributed by atoms with Gasteiger partial charge in [0.15, 0.2) is 0 Å². The van der Waals surface area contributed by atoms with Crippen LogP contribution in [0.15, 0.2) is 0 Å². The van der Waals surface area contributed by atoms with E-state index in [9.17, 15) is 15.0 Å². The molecule has 4 nitrogen and oxygen atoms in total. The molecule has 0 aliphatic rings. The number of rotatable bonds is 26. The average molecular weight is 470 g/mol. The monoisotopic (exact) mass is 469 g/mol. The van der Waals surface area contributed by atoms with Crippen molar-refractivity contribution >= 4 is 5.97 Å². The van der Waals surface area contributed by atoms with Gasteiger partial charge in [0.05, 0.1) is 20.6 Å². The number of hydrogen-bond donors (Lipinski definition) is 1. The first-order valence-electron chi connectivity index (χ1n) is 14.6. The van der Waals surface area contributed by atoms with E-state index < -0.39 is 5.97 Å². The molecule has 0 aromatic carbocycles. The quantitative estimate of drug-likeness (QED) is 0.112. The van der Waals surface area contributed by atoms with Crippen LogP contribution in [0.1, 0.15) is 148 Å². The first-order chi connectivity index (χ1) is 15.9. The van der Waals surface area contributed by atoms with Gasteiger partial charge in [-0.05, 0) is 32.1 Å². The summed E-state index contributed by atoms with van der Waals surface area (Å²) < 4.78 is 0.919. The van der Waals surface area contributed by atoms with Gasteiger partial charge >= 0.3 is 0 Å². The molecule has 0 aromatic rings. The number of likely N-dealkylation sites (N-methyl/N-ethyl adjacent to an activating group) is 1. The van der Waals surface area contributed by atoms with Crippen molar-refractivity contribution in [2.75, 3.05) is 27.2 Å². The van der Waals surface area contributed by atoms with Gasteiger partial charge in [-0.3, -0.25) is 0 Å². The molecule has 33 heavy (non-hydrogen) atoms. The summed E-state index contributed by atoms with van der Waals surface area (Å²) in [4.78, 5) is 10.4. The Bertz CT molecular complexity index is 425. The minimum Gasteiger partial charge on any atom is -0.550 e. The highest BCUT2D eigenvalue weighted by Gasteiger charge is 2.19. The second kappa shape index (κ2) is 23.1. The molecule has 0 aromatic heterocycles. The third-order valence-corrected chi connectivity index (χ3v) is 6.99. The van der Waals surface area contributed by atoms with Crippen molar-refractivity contribution in [2.24, 2.45) is 0 Å². The van der Waals surface area contributed by atoms with Crippen LogP contribution in [0.3, 0.4) is 0 Å². The lowest BCUT2D eigenvalue weighted by atomic mass is 10.0. The minimum atomic E-state index is -0.921. The molecule has 0 bridgehead atoms. The summed E-state index contributed by atoms with van der Waals surface area (Å²) in [6.45, 7) is 4.29. The van der Waals surface area contributed by atoms with Crippen molar-refractivity contribution in [3.8, 4) is 0 Å². The van der Waals surface area contributed by atoms with Gasteiger partial charge in [0, 0.05) is 5.97 Å². The van der Waals surface area contributed by atoms with Crippen molar-refractivity contribution in [1.82, 2.24) is 0 Å². The predicted molar refractivity (Wildman–Crippen MR) is 140 cm³/mol. The molecule has 1 unspecified atom stereocenters. The number of carbonyl (C=O) groups is 1. The summed E-state index contributed by atoms with van der Waals surface area (Å²) in [6.07, 6.45) is 26.5. The molecule has 0 aliphatic heterocycles. The number of carboxylic acid groups (broad SMARTS) is 1. The maximum Gasteiger partial charge on any atom is 0.105 e. The first-order valence-corrected chi connectivity index (χ1v) is 14.6. The largest absolute Gasteiger partial charge is 0.550 e. The highest BCUT2D eigenvalue weighted by atomic mass is 16.4. The van der Waals surface area contributed by atoms with Crippen LogP contribution in [-0.4, -0.2) is 48.8 Å². The molecule has 0 radical (unpaired) electrons. The molecule has 1 N–H and O–H groups in total. The third kappa shape index (κ3) is 25.8. The highest BCUT2D eigenvalue weighted by Crippen LogP contribution is 2.15. The van der Waals surface area contributed by atoms with Crippen molar-refractivity contribution in [1.29, 1.82) is 0 Å². The molecule has 4 heteroatoms. The lowest BCUT2D eigenvalue weighted by Crippen LogP contribution is -2.45. The SMILES string of the molecule is CCCCCCCCCCCCCCC(O)C[N+](C)(C)CCCCCCCCCCC(=O)[O-]. The summed E-state index contributed by atoms with van der Waals surface area (Å²) in [5.41, 5.74) is 0. The van der Waals surface area contributed by atoms with E-state index >= 15 is 0 Å². The van der Waals surface area contributed by atoms with E-state index in [0.29, 0.717) is 0 Å². The fourth-order valence-electron chi connectivity index (χ4n) is 4.84. The molecule has 0 rings (SSSR count). The van der Waals surface area contributed by atoms with Crippen LogP contribution in [-0.2, 0) is 4.79 Å². The zero-order valence-corrected chi connectivity index (χ0v) is 22.8. The fraction of sp³-hybridized carbons (Fsp3) is 0.966. The van der Waals surface area contributed by atoms with Gasteiger partial charge in [0.1, 0.15) is 12.6 Å². The normalized spacial score (nSPS) is 12.8. The van der Waals surface area contributed by atoms with E-state index in [2.05, 4.69) is 21.0 Å². The molecule has 1 atom stereocenters. The average Bonchev–Trinajstić information content (AvgIpc) is 2.75. The van der Waals surface area contributed by atoms with Gasteiger partial charge in [-0.1, -0.05) is 116 Å². The summed E-state index contributed by atoms with van der Waals surface area (Å²) in [7, 11) is 4.51. The first kappa shape index (κ1) is 32.4. The fourth-order valence-corrected chi connectivity index (χ4v) is 4.84. The molecular formula is C29H59NO3. The van der Waals surface area contributed by atoms with E-state index in [0.717, 1.165) is 43.3 Å². The second-order valence-electron chi connectivity index (χ2n) is 11.1. The number of carbonyl (C=O) groups excluding carboxylic acids is 1. The Balaban J connectivity index is 3.47. The van der Waals surface area contributed by atoms with Crippen LogP contribution >= 0.6 is 0 Å². The zero-order valence-electron chi connectivity index (χ0n) is 22.8. The van der Waals surface area contributed by atoms with Crippen molar-refractivity contribution in [3.05, 3.63) is 0 Å². The Kier molecular flexibility index (Phi) is 22.7. The van der Waals surface area contributed by atoms with Crippen LogP contribution in [0.2, 0.25) is 0 Å². The summed E-state index contributed by atoms with van der Waals surface area (Å²) in [5.74, 6) is -0.921. The van der Waals surface area contributed by atoms with Crippen LogP contribution in [0.25, 0.3) is 0 Å². The zero-order chi connectivity index (χ0) is 24.6. The molecule has 198 valence electrons. The van der Waals surface area contributed by atoms with Crippen molar-refractivity contribution < 1.29 is 19.5 Å².